The summed E-state index contributed by atoms with van der Waals surface area (Å²) in [5.41, 5.74) is 0.233. The summed E-state index contributed by atoms with van der Waals surface area (Å²) in [5, 5.41) is 12.0. The summed E-state index contributed by atoms with van der Waals surface area (Å²) in [6.07, 6.45) is 1.36. The van der Waals surface area contributed by atoms with Crippen molar-refractivity contribution in [1.29, 1.82) is 0 Å². The Balaban J connectivity index is 2.11. The van der Waals surface area contributed by atoms with Crippen molar-refractivity contribution in [2.24, 2.45) is 5.92 Å². The van der Waals surface area contributed by atoms with E-state index in [1.54, 1.807) is 18.2 Å². The second kappa shape index (κ2) is 5.82. The molecule has 1 aromatic carbocycles. The number of rotatable bonds is 4. The molecule has 18 heavy (non-hydrogen) atoms. The Labute approximate surface area is 105 Å². The largest absolute Gasteiger partial charge is 0.480 e. The molecule has 1 aliphatic heterocycles. The summed E-state index contributed by atoms with van der Waals surface area (Å²) in [4.78, 5) is 11.3. The number of carbonyl (C=O) groups is 1. The van der Waals surface area contributed by atoms with Gasteiger partial charge in [0.25, 0.3) is 0 Å². The van der Waals surface area contributed by atoms with E-state index in [0.717, 1.165) is 0 Å². The highest BCUT2D eigenvalue weighted by molar-refractivity contribution is 5.77. The smallest absolute Gasteiger partial charge is 0.326 e. The first-order chi connectivity index (χ1) is 8.68. The predicted octanol–water partition coefficient (Wildman–Crippen LogP) is 2.12. The molecule has 0 aliphatic carbocycles. The highest BCUT2D eigenvalue weighted by Crippen LogP contribution is 2.23. The maximum Gasteiger partial charge on any atom is 0.326 e. The Morgan fingerprint density at radius 1 is 1.39 bits per heavy atom. The van der Waals surface area contributed by atoms with Crippen molar-refractivity contribution >= 4 is 11.7 Å². The Kier molecular flexibility index (Phi) is 4.15. The number of hydrogen-bond acceptors (Lipinski definition) is 3. The first-order valence-corrected chi connectivity index (χ1v) is 6.00. The SMILES string of the molecule is O=C(O)C(Nc1ccccc1F)C1CCOCC1. The highest BCUT2D eigenvalue weighted by atomic mass is 19.1. The molecule has 1 heterocycles. The van der Waals surface area contributed by atoms with Crippen LogP contribution < -0.4 is 5.32 Å². The summed E-state index contributed by atoms with van der Waals surface area (Å²) in [7, 11) is 0. The van der Waals surface area contributed by atoms with Crippen LogP contribution in [0.15, 0.2) is 24.3 Å². The van der Waals surface area contributed by atoms with Crippen molar-refractivity contribution in [2.75, 3.05) is 18.5 Å². The fourth-order valence-corrected chi connectivity index (χ4v) is 2.18. The van der Waals surface area contributed by atoms with Crippen LogP contribution >= 0.6 is 0 Å². The molecule has 1 aliphatic rings. The minimum atomic E-state index is -0.954. The van der Waals surface area contributed by atoms with Gasteiger partial charge in [-0.2, -0.15) is 0 Å². The van der Waals surface area contributed by atoms with Crippen LogP contribution in [-0.4, -0.2) is 30.3 Å². The molecule has 1 aromatic rings. The number of hydrogen-bond donors (Lipinski definition) is 2. The van der Waals surface area contributed by atoms with Gasteiger partial charge in [-0.05, 0) is 30.9 Å². The Morgan fingerprint density at radius 2 is 2.06 bits per heavy atom. The van der Waals surface area contributed by atoms with Crippen LogP contribution in [0.1, 0.15) is 12.8 Å². The normalized spacial score (nSPS) is 18.3. The summed E-state index contributed by atoms with van der Waals surface area (Å²) >= 11 is 0. The summed E-state index contributed by atoms with van der Waals surface area (Å²) in [6.45, 7) is 1.13. The number of nitrogens with one attached hydrogen (secondary N) is 1. The standard InChI is InChI=1S/C13H16FNO3/c14-10-3-1-2-4-11(10)15-12(13(16)17)9-5-7-18-8-6-9/h1-4,9,12,15H,5-8H2,(H,16,17). The molecule has 0 aromatic heterocycles. The van der Waals surface area contributed by atoms with Crippen LogP contribution in [0.5, 0.6) is 0 Å². The number of benzene rings is 1. The molecule has 0 spiro atoms. The molecule has 1 fully saturated rings. The molecular weight excluding hydrogens is 237 g/mol. The number of anilines is 1. The van der Waals surface area contributed by atoms with Gasteiger partial charge in [-0.15, -0.1) is 0 Å². The van der Waals surface area contributed by atoms with Crippen LogP contribution in [0.3, 0.4) is 0 Å². The van der Waals surface area contributed by atoms with Gasteiger partial charge >= 0.3 is 5.97 Å². The van der Waals surface area contributed by atoms with Gasteiger partial charge in [-0.3, -0.25) is 0 Å². The van der Waals surface area contributed by atoms with Gasteiger partial charge < -0.3 is 15.2 Å². The molecule has 2 rings (SSSR count). The number of para-hydroxylation sites is 1. The number of ether oxygens (including phenoxy) is 1. The van der Waals surface area contributed by atoms with Crippen LogP contribution in [0.25, 0.3) is 0 Å². The van der Waals surface area contributed by atoms with Gasteiger partial charge in [0.1, 0.15) is 11.9 Å². The van der Waals surface area contributed by atoms with Gasteiger partial charge in [0.2, 0.25) is 0 Å². The molecule has 0 saturated carbocycles. The number of carboxylic acid groups (broad SMARTS) is 1. The predicted molar refractivity (Wildman–Crippen MR) is 65.0 cm³/mol. The van der Waals surface area contributed by atoms with Gasteiger partial charge in [0.05, 0.1) is 5.69 Å². The molecule has 2 N–H and O–H groups in total. The zero-order valence-corrected chi connectivity index (χ0v) is 9.93. The molecule has 98 valence electrons. The van der Waals surface area contributed by atoms with Crippen LogP contribution in [0.4, 0.5) is 10.1 Å². The van der Waals surface area contributed by atoms with Crippen LogP contribution in [0.2, 0.25) is 0 Å². The highest BCUT2D eigenvalue weighted by Gasteiger charge is 2.30. The monoisotopic (exact) mass is 253 g/mol. The molecule has 0 amide bonds. The molecule has 1 atom stereocenters. The Morgan fingerprint density at radius 3 is 2.67 bits per heavy atom. The van der Waals surface area contributed by atoms with Gasteiger partial charge in [-0.25, -0.2) is 9.18 Å². The van der Waals surface area contributed by atoms with Crippen molar-refractivity contribution < 1.29 is 19.0 Å². The van der Waals surface area contributed by atoms with Gasteiger partial charge in [0.15, 0.2) is 0 Å². The first-order valence-electron chi connectivity index (χ1n) is 6.00. The van der Waals surface area contributed by atoms with Crippen molar-refractivity contribution in [3.63, 3.8) is 0 Å². The zero-order valence-electron chi connectivity index (χ0n) is 9.93. The van der Waals surface area contributed by atoms with E-state index in [1.807, 2.05) is 0 Å². The number of aliphatic carboxylic acids is 1. The fourth-order valence-electron chi connectivity index (χ4n) is 2.18. The number of carboxylic acids is 1. The molecule has 0 radical (unpaired) electrons. The van der Waals surface area contributed by atoms with E-state index >= 15 is 0 Å². The van der Waals surface area contributed by atoms with E-state index in [2.05, 4.69) is 5.32 Å². The maximum atomic E-state index is 13.5. The van der Waals surface area contributed by atoms with E-state index < -0.39 is 17.8 Å². The lowest BCUT2D eigenvalue weighted by molar-refractivity contribution is -0.140. The van der Waals surface area contributed by atoms with E-state index in [-0.39, 0.29) is 11.6 Å². The lowest BCUT2D eigenvalue weighted by Crippen LogP contribution is -2.40. The molecule has 1 saturated heterocycles. The molecule has 4 nitrogen and oxygen atoms in total. The quantitative estimate of drug-likeness (QED) is 0.863. The summed E-state index contributed by atoms with van der Waals surface area (Å²) < 4.78 is 18.7. The van der Waals surface area contributed by atoms with Crippen molar-refractivity contribution in [3.05, 3.63) is 30.1 Å². The molecular formula is C13H16FNO3. The second-order valence-corrected chi connectivity index (χ2v) is 4.39. The molecule has 1 unspecified atom stereocenters. The maximum absolute atomic E-state index is 13.5. The van der Waals surface area contributed by atoms with E-state index in [1.165, 1.54) is 6.07 Å². The Hall–Kier alpha value is -1.62. The Bertz CT molecular complexity index is 418. The second-order valence-electron chi connectivity index (χ2n) is 4.39. The third kappa shape index (κ3) is 2.98. The van der Waals surface area contributed by atoms with Gasteiger partial charge in [-0.1, -0.05) is 12.1 Å². The minimum Gasteiger partial charge on any atom is -0.480 e. The molecule has 5 heteroatoms. The minimum absolute atomic E-state index is 0.0316. The van der Waals surface area contributed by atoms with Crippen LogP contribution in [-0.2, 0) is 9.53 Å². The van der Waals surface area contributed by atoms with Crippen molar-refractivity contribution in [1.82, 2.24) is 0 Å². The summed E-state index contributed by atoms with van der Waals surface area (Å²) in [6, 6.07) is 5.33. The van der Waals surface area contributed by atoms with E-state index in [0.29, 0.717) is 26.1 Å². The third-order valence-corrected chi connectivity index (χ3v) is 3.19. The van der Waals surface area contributed by atoms with Crippen LogP contribution in [0, 0.1) is 11.7 Å². The first kappa shape index (κ1) is 12.8. The van der Waals surface area contributed by atoms with Gasteiger partial charge in [0, 0.05) is 13.2 Å². The number of halogens is 1. The lowest BCUT2D eigenvalue weighted by atomic mass is 9.91. The average Bonchev–Trinajstić information content (AvgIpc) is 2.38. The topological polar surface area (TPSA) is 58.6 Å². The third-order valence-electron chi connectivity index (χ3n) is 3.19. The van der Waals surface area contributed by atoms with Crippen molar-refractivity contribution in [2.45, 2.75) is 18.9 Å². The van der Waals surface area contributed by atoms with E-state index in [9.17, 15) is 14.3 Å². The van der Waals surface area contributed by atoms with Crippen molar-refractivity contribution in [3.8, 4) is 0 Å². The average molecular weight is 253 g/mol. The molecule has 0 bridgehead atoms. The zero-order chi connectivity index (χ0) is 13.0. The fraction of sp³-hybridized carbons (Fsp3) is 0.462. The summed E-state index contributed by atoms with van der Waals surface area (Å²) in [5.74, 6) is -1.42. The lowest BCUT2D eigenvalue weighted by Gasteiger charge is -2.28. The van der Waals surface area contributed by atoms with E-state index in [4.69, 9.17) is 4.74 Å².